The minimum atomic E-state index is 0.715. The summed E-state index contributed by atoms with van der Waals surface area (Å²) >= 11 is 6.25. The van der Waals surface area contributed by atoms with Crippen LogP contribution in [0.1, 0.15) is 31.2 Å². The normalized spacial score (nSPS) is 20.0. The predicted molar refractivity (Wildman–Crippen MR) is 87.0 cm³/mol. The molecule has 0 atom stereocenters. The number of nitrogens with zero attached hydrogens (tertiary/aromatic N) is 1. The Balaban J connectivity index is 1.63. The van der Waals surface area contributed by atoms with Gasteiger partial charge in [-0.15, -0.1) is 0 Å². The number of piperidine rings is 1. The average Bonchev–Trinajstić information content (AvgIpc) is 3.32. The fourth-order valence-electron chi connectivity index (χ4n) is 3.22. The Morgan fingerprint density at radius 3 is 2.62 bits per heavy atom. The van der Waals surface area contributed by atoms with Crippen LogP contribution in [-0.4, -0.2) is 37.7 Å². The molecule has 3 nitrogen and oxygen atoms in total. The number of methoxy groups -OCH3 is 1. The maximum Gasteiger partial charge on any atom is 0.137 e. The first-order chi connectivity index (χ1) is 10.3. The molecule has 1 aromatic carbocycles. The molecule has 0 amide bonds. The van der Waals surface area contributed by atoms with E-state index in [4.69, 9.17) is 16.3 Å². The van der Waals surface area contributed by atoms with Crippen molar-refractivity contribution < 1.29 is 4.74 Å². The molecule has 1 saturated carbocycles. The molecule has 21 heavy (non-hydrogen) atoms. The molecule has 1 saturated heterocycles. The van der Waals surface area contributed by atoms with Gasteiger partial charge < -0.3 is 10.1 Å². The first-order valence-corrected chi connectivity index (χ1v) is 8.41. The zero-order chi connectivity index (χ0) is 14.7. The molecule has 0 spiro atoms. The molecule has 116 valence electrons. The molecule has 0 unspecified atom stereocenters. The molecule has 1 N–H and O–H groups in total. The standard InChI is InChI=1S/C17H25ClN2O/c1-21-17-5-2-14(10-16(17)18)12-20(15-3-4-15)11-13-6-8-19-9-7-13/h2,5,10,13,15,19H,3-4,6-9,11-12H2,1H3. The fraction of sp³-hybridized carbons (Fsp3) is 0.647. The van der Waals surface area contributed by atoms with Crippen LogP contribution in [0.3, 0.4) is 0 Å². The summed E-state index contributed by atoms with van der Waals surface area (Å²) in [6, 6.07) is 6.97. The van der Waals surface area contributed by atoms with Crippen molar-refractivity contribution in [3.63, 3.8) is 0 Å². The summed E-state index contributed by atoms with van der Waals surface area (Å²) in [7, 11) is 1.66. The quantitative estimate of drug-likeness (QED) is 0.872. The highest BCUT2D eigenvalue weighted by molar-refractivity contribution is 6.32. The minimum Gasteiger partial charge on any atom is -0.495 e. The van der Waals surface area contributed by atoms with Crippen molar-refractivity contribution in [3.8, 4) is 5.75 Å². The van der Waals surface area contributed by atoms with Gasteiger partial charge in [-0.05, 0) is 62.4 Å². The van der Waals surface area contributed by atoms with Crippen molar-refractivity contribution >= 4 is 11.6 Å². The summed E-state index contributed by atoms with van der Waals surface area (Å²) in [5.41, 5.74) is 1.29. The highest BCUT2D eigenvalue weighted by Gasteiger charge is 2.30. The number of halogens is 1. The Morgan fingerprint density at radius 1 is 1.24 bits per heavy atom. The molecule has 0 aromatic heterocycles. The van der Waals surface area contributed by atoms with Gasteiger partial charge >= 0.3 is 0 Å². The Kier molecular flexibility index (Phi) is 5.04. The van der Waals surface area contributed by atoms with Gasteiger partial charge in [0.25, 0.3) is 0 Å². The van der Waals surface area contributed by atoms with E-state index in [0.717, 1.165) is 24.3 Å². The third kappa shape index (κ3) is 4.12. The van der Waals surface area contributed by atoms with Gasteiger partial charge in [-0.3, -0.25) is 4.90 Å². The second-order valence-electron chi connectivity index (χ2n) is 6.32. The summed E-state index contributed by atoms with van der Waals surface area (Å²) in [6.45, 7) is 4.60. The molecule has 2 fully saturated rings. The molecule has 0 bridgehead atoms. The van der Waals surface area contributed by atoms with Gasteiger partial charge in [0.05, 0.1) is 12.1 Å². The van der Waals surface area contributed by atoms with E-state index in [9.17, 15) is 0 Å². The molecule has 2 aliphatic rings. The van der Waals surface area contributed by atoms with Crippen LogP contribution in [0.5, 0.6) is 5.75 Å². The van der Waals surface area contributed by atoms with Crippen LogP contribution < -0.4 is 10.1 Å². The first-order valence-electron chi connectivity index (χ1n) is 8.03. The van der Waals surface area contributed by atoms with Crippen molar-refractivity contribution in [3.05, 3.63) is 28.8 Å². The number of benzene rings is 1. The predicted octanol–water partition coefficient (Wildman–Crippen LogP) is 3.31. The third-order valence-electron chi connectivity index (χ3n) is 4.62. The van der Waals surface area contributed by atoms with Gasteiger partial charge in [-0.1, -0.05) is 17.7 Å². The molecule has 3 rings (SSSR count). The topological polar surface area (TPSA) is 24.5 Å². The van der Waals surface area contributed by atoms with E-state index in [1.54, 1.807) is 7.11 Å². The summed E-state index contributed by atoms with van der Waals surface area (Å²) in [6.07, 6.45) is 5.34. The van der Waals surface area contributed by atoms with Gasteiger partial charge in [-0.2, -0.15) is 0 Å². The summed E-state index contributed by atoms with van der Waals surface area (Å²) in [5, 5.41) is 4.17. The average molecular weight is 309 g/mol. The van der Waals surface area contributed by atoms with Gasteiger partial charge in [0.1, 0.15) is 5.75 Å². The molecular weight excluding hydrogens is 284 g/mol. The van der Waals surface area contributed by atoms with E-state index in [1.165, 1.54) is 50.9 Å². The maximum absolute atomic E-state index is 6.25. The number of nitrogens with one attached hydrogen (secondary N) is 1. The molecule has 1 aromatic rings. The zero-order valence-corrected chi connectivity index (χ0v) is 13.5. The van der Waals surface area contributed by atoms with Crippen molar-refractivity contribution in [2.24, 2.45) is 5.92 Å². The van der Waals surface area contributed by atoms with Gasteiger partial charge in [0.15, 0.2) is 0 Å². The van der Waals surface area contributed by atoms with Crippen LogP contribution in [0.15, 0.2) is 18.2 Å². The van der Waals surface area contributed by atoms with Gasteiger partial charge in [-0.25, -0.2) is 0 Å². The second kappa shape index (κ2) is 6.99. The lowest BCUT2D eigenvalue weighted by Crippen LogP contribution is -2.37. The molecule has 1 heterocycles. The van der Waals surface area contributed by atoms with Crippen LogP contribution in [-0.2, 0) is 6.54 Å². The second-order valence-corrected chi connectivity index (χ2v) is 6.73. The lowest BCUT2D eigenvalue weighted by atomic mass is 9.97. The van der Waals surface area contributed by atoms with Gasteiger partial charge in [0, 0.05) is 19.1 Å². The lowest BCUT2D eigenvalue weighted by molar-refractivity contribution is 0.190. The van der Waals surface area contributed by atoms with Crippen molar-refractivity contribution in [1.82, 2.24) is 10.2 Å². The van der Waals surface area contributed by atoms with Crippen LogP contribution >= 0.6 is 11.6 Å². The van der Waals surface area contributed by atoms with Crippen molar-refractivity contribution in [1.29, 1.82) is 0 Å². The third-order valence-corrected chi connectivity index (χ3v) is 4.91. The molecule has 4 heteroatoms. The Bertz CT molecular complexity index is 470. The monoisotopic (exact) mass is 308 g/mol. The van der Waals surface area contributed by atoms with E-state index >= 15 is 0 Å². The van der Waals surface area contributed by atoms with Crippen LogP contribution in [0.2, 0.25) is 5.02 Å². The van der Waals surface area contributed by atoms with E-state index in [-0.39, 0.29) is 0 Å². The van der Waals surface area contributed by atoms with Crippen LogP contribution in [0, 0.1) is 5.92 Å². The highest BCUT2D eigenvalue weighted by Crippen LogP contribution is 2.32. The Labute approximate surface area is 132 Å². The van der Waals surface area contributed by atoms with Crippen LogP contribution in [0.4, 0.5) is 0 Å². The molecule has 1 aliphatic carbocycles. The van der Waals surface area contributed by atoms with E-state index in [1.807, 2.05) is 6.07 Å². The van der Waals surface area contributed by atoms with E-state index < -0.39 is 0 Å². The first kappa shape index (κ1) is 15.1. The lowest BCUT2D eigenvalue weighted by Gasteiger charge is -2.30. The summed E-state index contributed by atoms with van der Waals surface area (Å²) in [4.78, 5) is 2.66. The Hall–Kier alpha value is -0.770. The van der Waals surface area contributed by atoms with Crippen molar-refractivity contribution in [2.45, 2.75) is 38.3 Å². The number of hydrogen-bond donors (Lipinski definition) is 1. The summed E-state index contributed by atoms with van der Waals surface area (Å²) < 4.78 is 5.23. The Morgan fingerprint density at radius 2 is 2.00 bits per heavy atom. The SMILES string of the molecule is COc1ccc(CN(CC2CCNCC2)C2CC2)cc1Cl. The minimum absolute atomic E-state index is 0.715. The number of ether oxygens (including phenoxy) is 1. The molecule has 1 aliphatic heterocycles. The van der Waals surface area contributed by atoms with E-state index in [0.29, 0.717) is 5.02 Å². The fourth-order valence-corrected chi connectivity index (χ4v) is 3.50. The largest absolute Gasteiger partial charge is 0.495 e. The molecular formula is C17H25ClN2O. The van der Waals surface area contributed by atoms with Gasteiger partial charge in [0.2, 0.25) is 0 Å². The smallest absolute Gasteiger partial charge is 0.137 e. The number of rotatable bonds is 6. The van der Waals surface area contributed by atoms with Crippen LogP contribution in [0.25, 0.3) is 0 Å². The highest BCUT2D eigenvalue weighted by atomic mass is 35.5. The maximum atomic E-state index is 6.25. The summed E-state index contributed by atoms with van der Waals surface area (Å²) in [5.74, 6) is 1.61. The zero-order valence-electron chi connectivity index (χ0n) is 12.8. The van der Waals surface area contributed by atoms with Crippen molar-refractivity contribution in [2.75, 3.05) is 26.7 Å². The van der Waals surface area contributed by atoms with E-state index in [2.05, 4.69) is 22.3 Å². The number of hydrogen-bond acceptors (Lipinski definition) is 3. The molecule has 0 radical (unpaired) electrons.